The first kappa shape index (κ1) is 20.7. The highest BCUT2D eigenvalue weighted by atomic mass is 19.4. The summed E-state index contributed by atoms with van der Waals surface area (Å²) < 4.78 is 41.2. The van der Waals surface area contributed by atoms with E-state index in [9.17, 15) is 27.6 Å². The van der Waals surface area contributed by atoms with Crippen LogP contribution in [0.1, 0.15) is 20.7 Å². The molecule has 0 unspecified atom stereocenters. The van der Waals surface area contributed by atoms with Crippen LogP contribution in [-0.4, -0.2) is 29.0 Å². The summed E-state index contributed by atoms with van der Waals surface area (Å²) in [6, 6.07) is 15.3. The van der Waals surface area contributed by atoms with Crippen LogP contribution in [0.5, 0.6) is 0 Å². The average molecular weight is 414 g/mol. The molecule has 1 aromatic heterocycles. The van der Waals surface area contributed by atoms with E-state index in [2.05, 4.69) is 15.0 Å². The standard InChI is InChI=1S/C21H13F3N2O4/c22-21(23,24)20(29)30-19(28)16-9-8-14(15-7-4-10-25-12-15)11-17(16)26-18(27)13-5-2-1-3-6-13/h1-12H,(H,26,27). The van der Waals surface area contributed by atoms with Crippen molar-refractivity contribution in [2.24, 2.45) is 0 Å². The number of carbonyl (C=O) groups is 3. The van der Waals surface area contributed by atoms with Crippen LogP contribution in [-0.2, 0) is 9.53 Å². The fraction of sp³-hybridized carbons (Fsp3) is 0.0476. The molecule has 0 aliphatic carbocycles. The van der Waals surface area contributed by atoms with E-state index in [1.54, 1.807) is 36.5 Å². The number of pyridine rings is 1. The molecular formula is C21H13F3N2O4. The Morgan fingerprint density at radius 3 is 2.27 bits per heavy atom. The van der Waals surface area contributed by atoms with E-state index in [0.29, 0.717) is 11.1 Å². The normalized spacial score (nSPS) is 10.9. The topological polar surface area (TPSA) is 85.4 Å². The fourth-order valence-corrected chi connectivity index (χ4v) is 2.52. The lowest BCUT2D eigenvalue weighted by molar-refractivity contribution is -0.193. The van der Waals surface area contributed by atoms with E-state index < -0.39 is 29.6 Å². The first-order valence-corrected chi connectivity index (χ1v) is 8.50. The molecule has 0 aliphatic rings. The molecule has 1 heterocycles. The van der Waals surface area contributed by atoms with E-state index in [1.165, 1.54) is 30.5 Å². The average Bonchev–Trinajstić information content (AvgIpc) is 2.74. The van der Waals surface area contributed by atoms with Crippen molar-refractivity contribution in [2.75, 3.05) is 5.32 Å². The molecule has 3 aromatic rings. The number of halogens is 3. The van der Waals surface area contributed by atoms with Gasteiger partial charge in [0.2, 0.25) is 0 Å². The van der Waals surface area contributed by atoms with E-state index in [4.69, 9.17) is 0 Å². The summed E-state index contributed by atoms with van der Waals surface area (Å²) in [6.45, 7) is 0. The molecule has 0 atom stereocenters. The smallest absolute Gasteiger partial charge is 0.383 e. The number of nitrogens with zero attached hydrogens (tertiary/aromatic N) is 1. The number of hydrogen-bond donors (Lipinski definition) is 1. The molecule has 9 heteroatoms. The van der Waals surface area contributed by atoms with Crippen molar-refractivity contribution in [2.45, 2.75) is 6.18 Å². The second-order valence-corrected chi connectivity index (χ2v) is 6.00. The summed E-state index contributed by atoms with van der Waals surface area (Å²) in [6.07, 6.45) is -2.25. The molecule has 30 heavy (non-hydrogen) atoms. The van der Waals surface area contributed by atoms with Crippen LogP contribution in [0.15, 0.2) is 73.1 Å². The predicted octanol–water partition coefficient (Wildman–Crippen LogP) is 4.25. The SMILES string of the molecule is O=C(Nc1cc(-c2cccnc2)ccc1C(=O)OC(=O)C(F)(F)F)c1ccccc1. The lowest BCUT2D eigenvalue weighted by Gasteiger charge is -2.13. The second-order valence-electron chi connectivity index (χ2n) is 6.00. The van der Waals surface area contributed by atoms with Crippen molar-refractivity contribution in [3.05, 3.63) is 84.2 Å². The number of carbonyl (C=O) groups excluding carboxylic acids is 3. The molecule has 0 saturated heterocycles. The van der Waals surface area contributed by atoms with Gasteiger partial charge in [-0.2, -0.15) is 13.2 Å². The molecule has 6 nitrogen and oxygen atoms in total. The van der Waals surface area contributed by atoms with Gasteiger partial charge in [0.25, 0.3) is 5.91 Å². The van der Waals surface area contributed by atoms with Gasteiger partial charge in [-0.25, -0.2) is 9.59 Å². The molecule has 0 fully saturated rings. The number of hydrogen-bond acceptors (Lipinski definition) is 5. The molecule has 3 rings (SSSR count). The van der Waals surface area contributed by atoms with Crippen molar-refractivity contribution in [1.82, 2.24) is 4.98 Å². The van der Waals surface area contributed by atoms with E-state index in [-0.39, 0.29) is 11.3 Å². The Balaban J connectivity index is 1.97. The molecule has 152 valence electrons. The summed E-state index contributed by atoms with van der Waals surface area (Å²) in [5.41, 5.74) is 0.897. The first-order valence-electron chi connectivity index (χ1n) is 8.50. The minimum atomic E-state index is -5.33. The van der Waals surface area contributed by atoms with Crippen molar-refractivity contribution in [3.8, 4) is 11.1 Å². The van der Waals surface area contributed by atoms with Gasteiger partial charge >= 0.3 is 18.1 Å². The fourth-order valence-electron chi connectivity index (χ4n) is 2.52. The summed E-state index contributed by atoms with van der Waals surface area (Å²) in [5.74, 6) is -4.79. The number of rotatable bonds is 4. The zero-order valence-corrected chi connectivity index (χ0v) is 15.1. The third-order valence-electron chi connectivity index (χ3n) is 3.94. The minimum Gasteiger partial charge on any atom is -0.383 e. The van der Waals surface area contributed by atoms with Gasteiger partial charge in [-0.1, -0.05) is 30.3 Å². The lowest BCUT2D eigenvalue weighted by atomic mass is 10.0. The zero-order chi connectivity index (χ0) is 21.7. The van der Waals surface area contributed by atoms with Crippen LogP contribution in [0, 0.1) is 0 Å². The zero-order valence-electron chi connectivity index (χ0n) is 15.1. The third kappa shape index (κ3) is 4.88. The highest BCUT2D eigenvalue weighted by Crippen LogP contribution is 2.27. The van der Waals surface area contributed by atoms with Gasteiger partial charge in [-0.15, -0.1) is 0 Å². The highest BCUT2D eigenvalue weighted by Gasteiger charge is 2.42. The van der Waals surface area contributed by atoms with Crippen LogP contribution < -0.4 is 5.32 Å². The van der Waals surface area contributed by atoms with Gasteiger partial charge in [-0.3, -0.25) is 9.78 Å². The van der Waals surface area contributed by atoms with Crippen molar-refractivity contribution in [1.29, 1.82) is 0 Å². The third-order valence-corrected chi connectivity index (χ3v) is 3.94. The molecule has 0 spiro atoms. The summed E-state index contributed by atoms with van der Waals surface area (Å²) in [4.78, 5) is 39.7. The maximum atomic E-state index is 12.5. The summed E-state index contributed by atoms with van der Waals surface area (Å²) >= 11 is 0. The highest BCUT2D eigenvalue weighted by molar-refractivity contribution is 6.09. The Morgan fingerprint density at radius 2 is 1.63 bits per heavy atom. The number of ether oxygens (including phenoxy) is 1. The minimum absolute atomic E-state index is 0.120. The van der Waals surface area contributed by atoms with Gasteiger partial charge < -0.3 is 10.1 Å². The van der Waals surface area contributed by atoms with E-state index in [1.807, 2.05) is 0 Å². The Bertz CT molecular complexity index is 1080. The monoisotopic (exact) mass is 414 g/mol. The maximum absolute atomic E-state index is 12.5. The van der Waals surface area contributed by atoms with Crippen molar-refractivity contribution in [3.63, 3.8) is 0 Å². The number of aromatic nitrogens is 1. The van der Waals surface area contributed by atoms with Crippen LogP contribution in [0.3, 0.4) is 0 Å². The number of esters is 2. The van der Waals surface area contributed by atoms with Gasteiger partial charge in [0.05, 0.1) is 11.3 Å². The molecule has 2 aromatic carbocycles. The van der Waals surface area contributed by atoms with Crippen LogP contribution in [0.25, 0.3) is 11.1 Å². The van der Waals surface area contributed by atoms with E-state index in [0.717, 1.165) is 6.07 Å². The largest absolute Gasteiger partial charge is 0.491 e. The van der Waals surface area contributed by atoms with Gasteiger partial charge in [0.1, 0.15) is 0 Å². The number of anilines is 1. The van der Waals surface area contributed by atoms with Crippen LogP contribution >= 0.6 is 0 Å². The Hall–Kier alpha value is -4.01. The second kappa shape index (κ2) is 8.56. The molecule has 0 radical (unpaired) electrons. The Kier molecular flexibility index (Phi) is 5.91. The Labute approximate surface area is 168 Å². The van der Waals surface area contributed by atoms with Gasteiger partial charge in [0.15, 0.2) is 0 Å². The van der Waals surface area contributed by atoms with Crippen molar-refractivity contribution < 1.29 is 32.3 Å². The van der Waals surface area contributed by atoms with E-state index >= 15 is 0 Å². The van der Waals surface area contributed by atoms with Crippen molar-refractivity contribution >= 4 is 23.5 Å². The first-order chi connectivity index (χ1) is 14.3. The number of nitrogens with one attached hydrogen (secondary N) is 1. The molecular weight excluding hydrogens is 401 g/mol. The van der Waals surface area contributed by atoms with Gasteiger partial charge in [-0.05, 0) is 35.9 Å². The summed E-state index contributed by atoms with van der Waals surface area (Å²) in [5, 5.41) is 2.48. The van der Waals surface area contributed by atoms with Crippen LogP contribution in [0.2, 0.25) is 0 Å². The molecule has 0 aliphatic heterocycles. The quantitative estimate of drug-likeness (QED) is 0.510. The molecule has 1 N–H and O–H groups in total. The Morgan fingerprint density at radius 1 is 0.900 bits per heavy atom. The number of benzene rings is 2. The molecule has 1 amide bonds. The lowest BCUT2D eigenvalue weighted by Crippen LogP contribution is -2.28. The molecule has 0 bridgehead atoms. The molecule has 0 saturated carbocycles. The van der Waals surface area contributed by atoms with Gasteiger partial charge in [0, 0.05) is 23.5 Å². The predicted molar refractivity (Wildman–Crippen MR) is 101 cm³/mol. The van der Waals surface area contributed by atoms with Crippen LogP contribution in [0.4, 0.5) is 18.9 Å². The number of alkyl halides is 3. The summed E-state index contributed by atoms with van der Waals surface area (Å²) in [7, 11) is 0. The number of amides is 1. The maximum Gasteiger partial charge on any atom is 0.491 e.